The SMILES string of the molecule is COc1ccc([C@@H]2CN(S(C)(=O)=O)[C@@H]3C4CCN(CC4)[C@@H]32)cc1. The van der Waals surface area contributed by atoms with E-state index < -0.39 is 10.0 Å². The van der Waals surface area contributed by atoms with Gasteiger partial charge in [0.25, 0.3) is 0 Å². The Bertz CT molecular complexity index is 680. The molecule has 126 valence electrons. The number of ether oxygens (including phenoxy) is 1. The molecule has 0 amide bonds. The summed E-state index contributed by atoms with van der Waals surface area (Å²) in [5.41, 5.74) is 1.22. The van der Waals surface area contributed by atoms with E-state index in [1.807, 2.05) is 12.1 Å². The number of methoxy groups -OCH3 is 1. The highest BCUT2D eigenvalue weighted by molar-refractivity contribution is 7.88. The third kappa shape index (κ3) is 2.47. The van der Waals surface area contributed by atoms with E-state index in [4.69, 9.17) is 4.74 Å². The van der Waals surface area contributed by atoms with Gasteiger partial charge in [0.15, 0.2) is 0 Å². The molecule has 2 bridgehead atoms. The van der Waals surface area contributed by atoms with Crippen molar-refractivity contribution < 1.29 is 13.2 Å². The third-order valence-corrected chi connectivity index (χ3v) is 7.16. The van der Waals surface area contributed by atoms with E-state index in [1.165, 1.54) is 11.8 Å². The van der Waals surface area contributed by atoms with Gasteiger partial charge in [-0.2, -0.15) is 4.31 Å². The Morgan fingerprint density at radius 1 is 1.09 bits per heavy atom. The van der Waals surface area contributed by atoms with Crippen LogP contribution in [0, 0.1) is 5.92 Å². The molecule has 4 heterocycles. The summed E-state index contributed by atoms with van der Waals surface area (Å²) >= 11 is 0. The molecular weight excluding hydrogens is 312 g/mol. The molecule has 1 aromatic carbocycles. The molecule has 4 aliphatic heterocycles. The number of fused-ring (bicyclic) bond motifs is 2. The first kappa shape index (κ1) is 15.4. The Morgan fingerprint density at radius 3 is 2.30 bits per heavy atom. The van der Waals surface area contributed by atoms with Gasteiger partial charge in [0.05, 0.1) is 13.4 Å². The quantitative estimate of drug-likeness (QED) is 0.840. The minimum absolute atomic E-state index is 0.152. The zero-order valence-corrected chi connectivity index (χ0v) is 14.5. The first-order valence-corrected chi connectivity index (χ1v) is 10.2. The molecule has 4 saturated heterocycles. The van der Waals surface area contributed by atoms with Crippen molar-refractivity contribution in [2.75, 3.05) is 33.0 Å². The van der Waals surface area contributed by atoms with Crippen LogP contribution in [-0.2, 0) is 10.0 Å². The largest absolute Gasteiger partial charge is 0.497 e. The van der Waals surface area contributed by atoms with Gasteiger partial charge < -0.3 is 4.74 Å². The predicted octanol–water partition coefficient (Wildman–Crippen LogP) is 1.52. The molecule has 5 nitrogen and oxygen atoms in total. The first-order valence-electron chi connectivity index (χ1n) is 8.34. The Labute approximate surface area is 138 Å². The van der Waals surface area contributed by atoms with E-state index in [2.05, 4.69) is 17.0 Å². The molecule has 0 aliphatic carbocycles. The maximum Gasteiger partial charge on any atom is 0.211 e. The maximum absolute atomic E-state index is 12.3. The normalized spacial score (nSPS) is 36.9. The summed E-state index contributed by atoms with van der Waals surface area (Å²) in [5.74, 6) is 1.61. The van der Waals surface area contributed by atoms with E-state index in [9.17, 15) is 8.42 Å². The molecule has 5 rings (SSSR count). The number of rotatable bonds is 3. The van der Waals surface area contributed by atoms with Crippen LogP contribution in [0.2, 0.25) is 0 Å². The standard InChI is InChI=1S/C17H24N2O3S/c1-22-14-5-3-12(4-6-14)15-11-19(23(2,20)21)16-13-7-9-18(10-8-13)17(15)16/h3-6,13,15-17H,7-11H2,1-2H3/t15-,16+,17+/m0/s1. The Balaban J connectivity index is 1.72. The summed E-state index contributed by atoms with van der Waals surface area (Å²) in [7, 11) is -1.50. The highest BCUT2D eigenvalue weighted by Gasteiger charge is 2.55. The molecule has 0 aromatic heterocycles. The van der Waals surface area contributed by atoms with Crippen molar-refractivity contribution in [2.24, 2.45) is 5.92 Å². The summed E-state index contributed by atoms with van der Waals surface area (Å²) < 4.78 is 31.7. The fourth-order valence-corrected chi connectivity index (χ4v) is 6.06. The second-order valence-electron chi connectivity index (χ2n) is 7.07. The van der Waals surface area contributed by atoms with E-state index in [-0.39, 0.29) is 12.0 Å². The molecule has 0 saturated carbocycles. The molecule has 0 N–H and O–H groups in total. The van der Waals surface area contributed by atoms with Crippen molar-refractivity contribution in [3.63, 3.8) is 0 Å². The van der Waals surface area contributed by atoms with Crippen molar-refractivity contribution >= 4 is 10.0 Å². The van der Waals surface area contributed by atoms with E-state index >= 15 is 0 Å². The van der Waals surface area contributed by atoms with Gasteiger partial charge in [-0.25, -0.2) is 8.42 Å². The number of benzene rings is 1. The number of sulfonamides is 1. The maximum atomic E-state index is 12.3. The van der Waals surface area contributed by atoms with Gasteiger partial charge in [-0.1, -0.05) is 12.1 Å². The van der Waals surface area contributed by atoms with E-state index in [0.29, 0.717) is 18.5 Å². The third-order valence-electron chi connectivity index (χ3n) is 5.92. The lowest BCUT2D eigenvalue weighted by Gasteiger charge is -2.50. The number of hydrogen-bond donors (Lipinski definition) is 0. The minimum Gasteiger partial charge on any atom is -0.497 e. The van der Waals surface area contributed by atoms with Gasteiger partial charge in [-0.15, -0.1) is 0 Å². The molecule has 3 atom stereocenters. The Hall–Kier alpha value is -1.11. The molecule has 23 heavy (non-hydrogen) atoms. The lowest BCUT2D eigenvalue weighted by atomic mass is 9.75. The molecule has 0 unspecified atom stereocenters. The zero-order chi connectivity index (χ0) is 16.2. The van der Waals surface area contributed by atoms with Crippen molar-refractivity contribution in [1.82, 2.24) is 9.21 Å². The molecule has 0 spiro atoms. The van der Waals surface area contributed by atoms with Gasteiger partial charge in [0, 0.05) is 24.5 Å². The average molecular weight is 336 g/mol. The second-order valence-corrected chi connectivity index (χ2v) is 9.00. The molecule has 0 radical (unpaired) electrons. The second kappa shape index (κ2) is 5.46. The van der Waals surface area contributed by atoms with E-state index in [0.717, 1.165) is 31.7 Å². The van der Waals surface area contributed by atoms with Crippen molar-refractivity contribution in [3.8, 4) is 5.75 Å². The van der Waals surface area contributed by atoms with Crippen LogP contribution in [-0.4, -0.2) is 62.7 Å². The summed E-state index contributed by atoms with van der Waals surface area (Å²) in [4.78, 5) is 2.52. The van der Waals surface area contributed by atoms with Crippen molar-refractivity contribution in [3.05, 3.63) is 29.8 Å². The molecule has 1 aromatic rings. The lowest BCUT2D eigenvalue weighted by Crippen LogP contribution is -2.60. The Morgan fingerprint density at radius 2 is 1.74 bits per heavy atom. The summed E-state index contributed by atoms with van der Waals surface area (Å²) in [6, 6.07) is 8.62. The molecule has 4 aliphatic rings. The van der Waals surface area contributed by atoms with Crippen LogP contribution in [0.1, 0.15) is 24.3 Å². The monoisotopic (exact) mass is 336 g/mol. The van der Waals surface area contributed by atoms with Crippen LogP contribution < -0.4 is 4.74 Å². The van der Waals surface area contributed by atoms with Gasteiger partial charge in [-0.3, -0.25) is 4.90 Å². The van der Waals surface area contributed by atoms with E-state index in [1.54, 1.807) is 11.4 Å². The van der Waals surface area contributed by atoms with Crippen molar-refractivity contribution in [2.45, 2.75) is 30.8 Å². The molecular formula is C17H24N2O3S. The Kier molecular flexibility index (Phi) is 3.66. The molecule has 6 heteroatoms. The average Bonchev–Trinajstić information content (AvgIpc) is 2.99. The fourth-order valence-electron chi connectivity index (χ4n) is 4.89. The van der Waals surface area contributed by atoms with Crippen molar-refractivity contribution in [1.29, 1.82) is 0 Å². The fraction of sp³-hybridized carbons (Fsp3) is 0.647. The summed E-state index contributed by atoms with van der Waals surface area (Å²) in [5, 5.41) is 0. The van der Waals surface area contributed by atoms with Crippen LogP contribution in [0.15, 0.2) is 24.3 Å². The van der Waals surface area contributed by atoms with Crippen LogP contribution in [0.5, 0.6) is 5.75 Å². The number of hydrogen-bond acceptors (Lipinski definition) is 4. The number of nitrogens with zero attached hydrogens (tertiary/aromatic N) is 2. The highest BCUT2D eigenvalue weighted by Crippen LogP contribution is 2.47. The van der Waals surface area contributed by atoms with Gasteiger partial charge >= 0.3 is 0 Å². The minimum atomic E-state index is -3.17. The van der Waals surface area contributed by atoms with Crippen LogP contribution in [0.3, 0.4) is 0 Å². The first-order chi connectivity index (χ1) is 11.0. The topological polar surface area (TPSA) is 49.9 Å². The summed E-state index contributed by atoms with van der Waals surface area (Å²) in [6.07, 6.45) is 3.61. The van der Waals surface area contributed by atoms with Crippen LogP contribution in [0.25, 0.3) is 0 Å². The lowest BCUT2D eigenvalue weighted by molar-refractivity contribution is 0.0124. The number of piperidine rings is 3. The molecule has 4 fully saturated rings. The van der Waals surface area contributed by atoms with Gasteiger partial charge in [0.1, 0.15) is 5.75 Å². The van der Waals surface area contributed by atoms with Crippen LogP contribution in [0.4, 0.5) is 0 Å². The predicted molar refractivity (Wildman–Crippen MR) is 89.2 cm³/mol. The zero-order valence-electron chi connectivity index (χ0n) is 13.7. The smallest absolute Gasteiger partial charge is 0.211 e. The summed E-state index contributed by atoms with van der Waals surface area (Å²) in [6.45, 7) is 2.82. The highest BCUT2D eigenvalue weighted by atomic mass is 32.2. The van der Waals surface area contributed by atoms with Crippen LogP contribution >= 0.6 is 0 Å². The van der Waals surface area contributed by atoms with Gasteiger partial charge in [-0.05, 0) is 49.5 Å². The van der Waals surface area contributed by atoms with Gasteiger partial charge in [0.2, 0.25) is 10.0 Å².